The fraction of sp³-hybridized carbons (Fsp3) is 0.364. The Bertz CT molecular complexity index is 451. The van der Waals surface area contributed by atoms with Crippen molar-refractivity contribution in [3.63, 3.8) is 0 Å². The van der Waals surface area contributed by atoms with Crippen LogP contribution < -0.4 is 0 Å². The van der Waals surface area contributed by atoms with Crippen LogP contribution in [0.1, 0.15) is 19.4 Å². The van der Waals surface area contributed by atoms with Gasteiger partial charge in [0.25, 0.3) is 0 Å². The summed E-state index contributed by atoms with van der Waals surface area (Å²) < 4.78 is 1.07. The molecule has 0 saturated carbocycles. The van der Waals surface area contributed by atoms with E-state index in [4.69, 9.17) is 0 Å². The fourth-order valence-corrected chi connectivity index (χ4v) is 2.89. The maximum atomic E-state index is 4.29. The summed E-state index contributed by atoms with van der Waals surface area (Å²) in [6, 6.07) is 0. The molecule has 0 radical (unpaired) electrons. The molecule has 0 saturated heterocycles. The fourth-order valence-electron chi connectivity index (χ4n) is 1.39. The third-order valence-corrected chi connectivity index (χ3v) is 3.71. The van der Waals surface area contributed by atoms with E-state index >= 15 is 0 Å². The zero-order chi connectivity index (χ0) is 11.4. The molecule has 0 bridgehead atoms. The lowest BCUT2D eigenvalue weighted by molar-refractivity contribution is 1.28. The van der Waals surface area contributed by atoms with Crippen molar-refractivity contribution in [3.05, 3.63) is 22.4 Å². The molecule has 0 fully saturated rings. The molecule has 0 aliphatic rings. The van der Waals surface area contributed by atoms with Crippen LogP contribution in [0.5, 0.6) is 0 Å². The highest BCUT2D eigenvalue weighted by Crippen LogP contribution is 2.33. The molecule has 2 heterocycles. The highest BCUT2D eigenvalue weighted by atomic mass is 79.9. The number of aromatic amines is 1. The minimum Gasteiger partial charge on any atom is -0.346 e. The van der Waals surface area contributed by atoms with Crippen LogP contribution in [0.15, 0.2) is 21.8 Å². The normalized spacial score (nSPS) is 9.93. The number of fused-ring (bicyclic) bond motifs is 1. The Hall–Kier alpha value is -0.480. The van der Waals surface area contributed by atoms with Gasteiger partial charge in [-0.3, -0.25) is 0 Å². The third-order valence-electron chi connectivity index (χ3n) is 2.01. The number of aromatic nitrogens is 2. The Morgan fingerprint density at radius 3 is 2.67 bits per heavy atom. The van der Waals surface area contributed by atoms with Gasteiger partial charge in [-0.1, -0.05) is 13.8 Å². The molecule has 0 spiro atoms. The van der Waals surface area contributed by atoms with Gasteiger partial charge >= 0.3 is 0 Å². The molecule has 2 rings (SSSR count). The summed E-state index contributed by atoms with van der Waals surface area (Å²) in [6.45, 7) is 6.09. The van der Waals surface area contributed by atoms with Crippen molar-refractivity contribution in [2.75, 3.05) is 6.26 Å². The van der Waals surface area contributed by atoms with Crippen LogP contribution in [0.2, 0.25) is 0 Å². The van der Waals surface area contributed by atoms with E-state index < -0.39 is 0 Å². The average Bonchev–Trinajstić information content (AvgIpc) is 2.64. The summed E-state index contributed by atoms with van der Waals surface area (Å²) >= 11 is 5.24. The number of H-pyrrole nitrogens is 1. The summed E-state index contributed by atoms with van der Waals surface area (Å²) in [4.78, 5) is 8.69. The van der Waals surface area contributed by atoms with Gasteiger partial charge in [0.05, 0.1) is 4.47 Å². The number of pyridine rings is 1. The molecule has 15 heavy (non-hydrogen) atoms. The molecule has 0 amide bonds. The second kappa shape index (κ2) is 5.56. The number of nitrogens with one attached hydrogen (secondary N) is 1. The molecule has 4 heteroatoms. The predicted molar refractivity (Wildman–Crippen MR) is 71.7 cm³/mol. The average molecular weight is 287 g/mol. The Morgan fingerprint density at radius 1 is 1.40 bits per heavy atom. The first-order valence-corrected chi connectivity index (χ1v) is 6.92. The van der Waals surface area contributed by atoms with Crippen molar-refractivity contribution >= 4 is 38.7 Å². The van der Waals surface area contributed by atoms with Crippen molar-refractivity contribution in [2.24, 2.45) is 0 Å². The van der Waals surface area contributed by atoms with Gasteiger partial charge < -0.3 is 4.98 Å². The van der Waals surface area contributed by atoms with E-state index in [1.807, 2.05) is 26.2 Å². The number of hydrogen-bond donors (Lipinski definition) is 1. The van der Waals surface area contributed by atoms with Crippen LogP contribution in [0, 0.1) is 6.92 Å². The molecule has 2 aromatic rings. The molecule has 1 N–H and O–H groups in total. The largest absolute Gasteiger partial charge is 0.346 e. The SMILES string of the molecule is CC.CSc1c(Br)cnc2[nH]cc(C)c12. The lowest BCUT2D eigenvalue weighted by Crippen LogP contribution is -1.82. The van der Waals surface area contributed by atoms with Crippen LogP contribution >= 0.6 is 27.7 Å². The second-order valence-electron chi connectivity index (χ2n) is 2.83. The monoisotopic (exact) mass is 286 g/mol. The van der Waals surface area contributed by atoms with E-state index in [1.54, 1.807) is 11.8 Å². The molecule has 0 aromatic carbocycles. The van der Waals surface area contributed by atoms with Crippen LogP contribution in [0.4, 0.5) is 0 Å². The lowest BCUT2D eigenvalue weighted by Gasteiger charge is -2.02. The zero-order valence-electron chi connectivity index (χ0n) is 9.39. The van der Waals surface area contributed by atoms with Gasteiger partial charge in [0.15, 0.2) is 0 Å². The first kappa shape index (κ1) is 12.6. The van der Waals surface area contributed by atoms with Gasteiger partial charge in [0.2, 0.25) is 0 Å². The van der Waals surface area contributed by atoms with E-state index in [-0.39, 0.29) is 0 Å². The van der Waals surface area contributed by atoms with E-state index in [9.17, 15) is 0 Å². The number of rotatable bonds is 1. The van der Waals surface area contributed by atoms with E-state index in [2.05, 4.69) is 39.1 Å². The molecule has 2 nitrogen and oxygen atoms in total. The highest BCUT2D eigenvalue weighted by molar-refractivity contribution is 9.10. The molecular weight excluding hydrogens is 272 g/mol. The lowest BCUT2D eigenvalue weighted by atomic mass is 10.2. The Labute approximate surface area is 103 Å². The summed E-state index contributed by atoms with van der Waals surface area (Å²) in [5.41, 5.74) is 2.21. The number of aryl methyl sites for hydroxylation is 1. The topological polar surface area (TPSA) is 28.7 Å². The minimum absolute atomic E-state index is 0.963. The quantitative estimate of drug-likeness (QED) is 0.788. The molecule has 0 unspecified atom stereocenters. The summed E-state index contributed by atoms with van der Waals surface area (Å²) in [5.74, 6) is 0. The minimum atomic E-state index is 0.963. The van der Waals surface area contributed by atoms with Gasteiger partial charge in [-0.25, -0.2) is 4.98 Å². The summed E-state index contributed by atoms with van der Waals surface area (Å²) in [5, 5.41) is 1.22. The van der Waals surface area contributed by atoms with Crippen LogP contribution in [0.25, 0.3) is 11.0 Å². The summed E-state index contributed by atoms with van der Waals surface area (Å²) in [7, 11) is 0. The Morgan fingerprint density at radius 2 is 2.07 bits per heavy atom. The summed E-state index contributed by atoms with van der Waals surface area (Å²) in [6.07, 6.45) is 5.90. The maximum absolute atomic E-state index is 4.29. The first-order chi connectivity index (χ1) is 7.24. The second-order valence-corrected chi connectivity index (χ2v) is 4.51. The maximum Gasteiger partial charge on any atom is 0.138 e. The van der Waals surface area contributed by atoms with Crippen molar-refractivity contribution < 1.29 is 0 Å². The van der Waals surface area contributed by atoms with Crippen molar-refractivity contribution in [1.82, 2.24) is 9.97 Å². The Kier molecular flexibility index (Phi) is 4.67. The van der Waals surface area contributed by atoms with Gasteiger partial charge in [-0.15, -0.1) is 11.8 Å². The predicted octanol–water partition coefficient (Wildman–Crippen LogP) is 4.38. The number of hydrogen-bond acceptors (Lipinski definition) is 2. The highest BCUT2D eigenvalue weighted by Gasteiger charge is 2.09. The molecule has 0 aliphatic carbocycles. The van der Waals surface area contributed by atoms with Gasteiger partial charge in [0.1, 0.15) is 5.65 Å². The van der Waals surface area contributed by atoms with Gasteiger partial charge in [0, 0.05) is 22.7 Å². The van der Waals surface area contributed by atoms with Crippen molar-refractivity contribution in [1.29, 1.82) is 0 Å². The van der Waals surface area contributed by atoms with Crippen molar-refractivity contribution in [2.45, 2.75) is 25.7 Å². The van der Waals surface area contributed by atoms with Crippen LogP contribution in [-0.2, 0) is 0 Å². The van der Waals surface area contributed by atoms with Crippen molar-refractivity contribution in [3.8, 4) is 0 Å². The first-order valence-electron chi connectivity index (χ1n) is 4.90. The molecule has 2 aromatic heterocycles. The molecule has 0 atom stereocenters. The standard InChI is InChI=1S/C9H9BrN2S.C2H6/c1-5-3-11-9-7(5)8(13-2)6(10)4-12-9;1-2/h3-4H,1-2H3,(H,11,12);1-2H3. The van der Waals surface area contributed by atoms with E-state index in [1.165, 1.54) is 15.8 Å². The zero-order valence-corrected chi connectivity index (χ0v) is 11.8. The smallest absolute Gasteiger partial charge is 0.138 e. The molecular formula is C11H15BrN2S. The van der Waals surface area contributed by atoms with E-state index in [0.29, 0.717) is 0 Å². The number of thioether (sulfide) groups is 1. The van der Waals surface area contributed by atoms with E-state index in [0.717, 1.165) is 10.1 Å². The van der Waals surface area contributed by atoms with Gasteiger partial charge in [-0.05, 0) is 34.7 Å². The van der Waals surface area contributed by atoms with Gasteiger partial charge in [-0.2, -0.15) is 0 Å². The van der Waals surface area contributed by atoms with Crippen LogP contribution in [0.3, 0.4) is 0 Å². The van der Waals surface area contributed by atoms with Crippen LogP contribution in [-0.4, -0.2) is 16.2 Å². The molecule has 82 valence electrons. The number of nitrogens with zero attached hydrogens (tertiary/aromatic N) is 1. The Balaban J connectivity index is 0.000000531. The number of halogens is 1. The molecule has 0 aliphatic heterocycles. The third kappa shape index (κ3) is 2.37.